The molecule has 90 valence electrons. The topological polar surface area (TPSA) is 77.1 Å². The molecule has 0 spiro atoms. The molecule has 6 heteroatoms. The molecular weight excluding hydrogens is 222 g/mol. The van der Waals surface area contributed by atoms with E-state index in [-0.39, 0.29) is 12.3 Å². The maximum atomic E-state index is 11.7. The van der Waals surface area contributed by atoms with Crippen LogP contribution in [0.3, 0.4) is 0 Å². The van der Waals surface area contributed by atoms with Gasteiger partial charge in [-0.25, -0.2) is 0 Å². The van der Waals surface area contributed by atoms with Crippen LogP contribution in [-0.4, -0.2) is 26.0 Å². The Hall–Kier alpha value is -2.24. The average Bonchev–Trinajstić information content (AvgIpc) is 2.67. The second-order valence-corrected chi connectivity index (χ2v) is 3.51. The van der Waals surface area contributed by atoms with Gasteiger partial charge in [0.15, 0.2) is 0 Å². The molecule has 1 aliphatic rings. The first-order valence-corrected chi connectivity index (χ1v) is 5.03. The van der Waals surface area contributed by atoms with Crippen molar-refractivity contribution >= 4 is 17.4 Å². The first-order chi connectivity index (χ1) is 8.15. The predicted molar refractivity (Wildman–Crippen MR) is 63.3 cm³/mol. The molecule has 1 aromatic carbocycles. The smallest absolute Gasteiger partial charge is 0.255 e. The first kappa shape index (κ1) is 11.3. The third kappa shape index (κ3) is 2.01. The van der Waals surface area contributed by atoms with Crippen LogP contribution in [0.1, 0.15) is 6.42 Å². The minimum atomic E-state index is -0.175. The number of nitrogens with two attached hydrogens (primary N) is 1. The number of rotatable bonds is 3. The first-order valence-electron chi connectivity index (χ1n) is 5.03. The highest BCUT2D eigenvalue weighted by Crippen LogP contribution is 2.33. The molecule has 0 fully saturated rings. The van der Waals surface area contributed by atoms with E-state index in [1.807, 2.05) is 0 Å². The molecule has 1 aromatic rings. The number of benzene rings is 1. The lowest BCUT2D eigenvalue weighted by Gasteiger charge is -2.16. The van der Waals surface area contributed by atoms with E-state index in [4.69, 9.17) is 15.2 Å². The number of carbonyl (C=O) groups is 1. The molecule has 1 amide bonds. The van der Waals surface area contributed by atoms with Crippen LogP contribution < -0.4 is 20.2 Å². The van der Waals surface area contributed by atoms with Crippen molar-refractivity contribution in [1.82, 2.24) is 0 Å². The van der Waals surface area contributed by atoms with Crippen LogP contribution in [0.4, 0.5) is 5.69 Å². The summed E-state index contributed by atoms with van der Waals surface area (Å²) in [6, 6.07) is 5.12. The van der Waals surface area contributed by atoms with Gasteiger partial charge >= 0.3 is 0 Å². The van der Waals surface area contributed by atoms with Crippen LogP contribution in [0.25, 0.3) is 0 Å². The lowest BCUT2D eigenvalue weighted by molar-refractivity contribution is -0.116. The summed E-state index contributed by atoms with van der Waals surface area (Å²) in [5, 5.41) is 5.20. The minimum Gasteiger partial charge on any atom is -0.497 e. The fourth-order valence-corrected chi connectivity index (χ4v) is 1.60. The fraction of sp³-hybridized carbons (Fsp3) is 0.273. The SMILES string of the molecule is COc1ccc(N2N=C(N)CC2=O)c(OC)c1. The molecule has 1 aliphatic heterocycles. The Kier molecular flexibility index (Phi) is 2.86. The lowest BCUT2D eigenvalue weighted by Crippen LogP contribution is -2.20. The van der Waals surface area contributed by atoms with Crippen molar-refractivity contribution in [1.29, 1.82) is 0 Å². The molecule has 0 aliphatic carbocycles. The molecule has 0 saturated heterocycles. The average molecular weight is 235 g/mol. The monoisotopic (exact) mass is 235 g/mol. The summed E-state index contributed by atoms with van der Waals surface area (Å²) in [4.78, 5) is 11.7. The molecule has 17 heavy (non-hydrogen) atoms. The maximum Gasteiger partial charge on any atom is 0.255 e. The molecule has 0 saturated carbocycles. The van der Waals surface area contributed by atoms with E-state index in [9.17, 15) is 4.79 Å². The summed E-state index contributed by atoms with van der Waals surface area (Å²) in [6.45, 7) is 0. The molecular formula is C11H13N3O3. The van der Waals surface area contributed by atoms with E-state index in [0.29, 0.717) is 23.0 Å². The van der Waals surface area contributed by atoms with Crippen molar-refractivity contribution < 1.29 is 14.3 Å². The van der Waals surface area contributed by atoms with Gasteiger partial charge in [-0.3, -0.25) is 4.79 Å². The van der Waals surface area contributed by atoms with Crippen LogP contribution >= 0.6 is 0 Å². The zero-order valence-corrected chi connectivity index (χ0v) is 9.64. The molecule has 0 aromatic heterocycles. The Morgan fingerprint density at radius 2 is 2.12 bits per heavy atom. The minimum absolute atomic E-state index is 0.134. The molecule has 2 rings (SSSR count). The summed E-state index contributed by atoms with van der Waals surface area (Å²) < 4.78 is 10.3. The Labute approximate surface area is 98.6 Å². The van der Waals surface area contributed by atoms with Crippen LogP contribution in [0, 0.1) is 0 Å². The van der Waals surface area contributed by atoms with Gasteiger partial charge in [0.05, 0.1) is 20.6 Å². The van der Waals surface area contributed by atoms with Crippen molar-refractivity contribution in [2.75, 3.05) is 19.2 Å². The number of hydrogen-bond acceptors (Lipinski definition) is 5. The van der Waals surface area contributed by atoms with E-state index in [2.05, 4.69) is 5.10 Å². The third-order valence-corrected chi connectivity index (χ3v) is 2.41. The van der Waals surface area contributed by atoms with Crippen molar-refractivity contribution in [3.8, 4) is 11.5 Å². The highest BCUT2D eigenvalue weighted by molar-refractivity contribution is 6.12. The van der Waals surface area contributed by atoms with E-state index in [1.54, 1.807) is 25.3 Å². The number of anilines is 1. The number of hydrogen-bond donors (Lipinski definition) is 1. The van der Waals surface area contributed by atoms with Gasteiger partial charge in [-0.1, -0.05) is 0 Å². The van der Waals surface area contributed by atoms with E-state index in [1.165, 1.54) is 12.1 Å². The molecule has 1 heterocycles. The van der Waals surface area contributed by atoms with Gasteiger partial charge in [0.25, 0.3) is 5.91 Å². The Bertz CT molecular complexity index is 485. The molecule has 0 atom stereocenters. The molecule has 0 unspecified atom stereocenters. The van der Waals surface area contributed by atoms with Gasteiger partial charge < -0.3 is 15.2 Å². The number of carbonyl (C=O) groups excluding carboxylic acids is 1. The Balaban J connectivity index is 2.41. The van der Waals surface area contributed by atoms with Gasteiger partial charge in [0.1, 0.15) is 23.0 Å². The van der Waals surface area contributed by atoms with Crippen LogP contribution in [0.15, 0.2) is 23.3 Å². The standard InChI is InChI=1S/C11H13N3O3/c1-16-7-3-4-8(9(5-7)17-2)14-11(15)6-10(12)13-14/h3-5H,6H2,1-2H3,(H2,12,13). The van der Waals surface area contributed by atoms with Crippen LogP contribution in [0.2, 0.25) is 0 Å². The number of amides is 1. The summed E-state index contributed by atoms with van der Waals surface area (Å²) in [7, 11) is 3.08. The van der Waals surface area contributed by atoms with E-state index in [0.717, 1.165) is 0 Å². The number of ether oxygens (including phenoxy) is 2. The Morgan fingerprint density at radius 1 is 1.35 bits per heavy atom. The summed E-state index contributed by atoms with van der Waals surface area (Å²) in [6.07, 6.45) is 0.134. The number of nitrogens with zero attached hydrogens (tertiary/aromatic N) is 2. The number of amidine groups is 1. The molecule has 0 bridgehead atoms. The molecule has 6 nitrogen and oxygen atoms in total. The van der Waals surface area contributed by atoms with Crippen molar-refractivity contribution in [3.05, 3.63) is 18.2 Å². The van der Waals surface area contributed by atoms with E-state index < -0.39 is 0 Å². The van der Waals surface area contributed by atoms with E-state index >= 15 is 0 Å². The second kappa shape index (κ2) is 4.32. The maximum absolute atomic E-state index is 11.7. The van der Waals surface area contributed by atoms with Gasteiger partial charge in [0, 0.05) is 6.07 Å². The third-order valence-electron chi connectivity index (χ3n) is 2.41. The van der Waals surface area contributed by atoms with Crippen LogP contribution in [-0.2, 0) is 4.79 Å². The predicted octanol–water partition coefficient (Wildman–Crippen LogP) is 0.713. The summed E-state index contributed by atoms with van der Waals surface area (Å²) >= 11 is 0. The van der Waals surface area contributed by atoms with Gasteiger partial charge in [-0.2, -0.15) is 10.1 Å². The quantitative estimate of drug-likeness (QED) is 0.837. The van der Waals surface area contributed by atoms with Crippen molar-refractivity contribution in [2.24, 2.45) is 10.8 Å². The fourth-order valence-electron chi connectivity index (χ4n) is 1.60. The molecule has 2 N–H and O–H groups in total. The second-order valence-electron chi connectivity index (χ2n) is 3.51. The number of methoxy groups -OCH3 is 2. The van der Waals surface area contributed by atoms with Crippen molar-refractivity contribution in [2.45, 2.75) is 6.42 Å². The van der Waals surface area contributed by atoms with Gasteiger partial charge in [-0.05, 0) is 12.1 Å². The van der Waals surface area contributed by atoms with Crippen LogP contribution in [0.5, 0.6) is 11.5 Å². The molecule has 0 radical (unpaired) electrons. The highest BCUT2D eigenvalue weighted by atomic mass is 16.5. The highest BCUT2D eigenvalue weighted by Gasteiger charge is 2.26. The lowest BCUT2D eigenvalue weighted by atomic mass is 10.2. The number of hydrazone groups is 1. The zero-order valence-electron chi connectivity index (χ0n) is 9.64. The Morgan fingerprint density at radius 3 is 2.65 bits per heavy atom. The van der Waals surface area contributed by atoms with Crippen molar-refractivity contribution in [3.63, 3.8) is 0 Å². The van der Waals surface area contributed by atoms with Gasteiger partial charge in [0.2, 0.25) is 0 Å². The van der Waals surface area contributed by atoms with Gasteiger partial charge in [-0.15, -0.1) is 0 Å². The summed E-state index contributed by atoms with van der Waals surface area (Å²) in [5.41, 5.74) is 6.08. The summed E-state index contributed by atoms with van der Waals surface area (Å²) in [5.74, 6) is 1.28. The largest absolute Gasteiger partial charge is 0.497 e. The normalized spacial score (nSPS) is 14.8. The zero-order chi connectivity index (χ0) is 12.4.